The highest BCUT2D eigenvalue weighted by atomic mass is 19.1. The first-order valence-electron chi connectivity index (χ1n) is 10.9. The Bertz CT molecular complexity index is 1080. The molecule has 7 heteroatoms. The lowest BCUT2D eigenvalue weighted by Gasteiger charge is -2.35. The number of nitrogens with one attached hydrogen (secondary N) is 1. The number of rotatable bonds is 6. The Kier molecular flexibility index (Phi) is 5.61. The number of halogens is 1. The van der Waals surface area contributed by atoms with Gasteiger partial charge in [-0.25, -0.2) is 9.37 Å². The third-order valence-corrected chi connectivity index (χ3v) is 6.02. The fraction of sp³-hybridized carbons (Fsp3) is 0.375. The fourth-order valence-corrected chi connectivity index (χ4v) is 4.27. The monoisotopic (exact) mass is 422 g/mol. The molecule has 0 aliphatic carbocycles. The SMILES string of the molecule is CCN1CCN(c2nc3cc4c(cc3cc2CNCc2cccc(F)c2)OCO4)CC1. The van der Waals surface area contributed by atoms with E-state index < -0.39 is 0 Å². The summed E-state index contributed by atoms with van der Waals surface area (Å²) >= 11 is 0. The quantitative estimate of drug-likeness (QED) is 0.656. The average molecular weight is 423 g/mol. The smallest absolute Gasteiger partial charge is 0.231 e. The van der Waals surface area contributed by atoms with E-state index >= 15 is 0 Å². The van der Waals surface area contributed by atoms with E-state index in [-0.39, 0.29) is 12.6 Å². The molecule has 1 saturated heterocycles. The molecule has 1 N–H and O–H groups in total. The number of aromatic nitrogens is 1. The second kappa shape index (κ2) is 8.69. The second-order valence-electron chi connectivity index (χ2n) is 8.02. The van der Waals surface area contributed by atoms with Gasteiger partial charge in [0.15, 0.2) is 11.5 Å². The van der Waals surface area contributed by atoms with Crippen LogP contribution in [-0.2, 0) is 13.1 Å². The van der Waals surface area contributed by atoms with Gasteiger partial charge in [-0.05, 0) is 36.4 Å². The summed E-state index contributed by atoms with van der Waals surface area (Å²) in [6.07, 6.45) is 0. The zero-order valence-corrected chi connectivity index (χ0v) is 17.7. The van der Waals surface area contributed by atoms with Crippen LogP contribution in [0, 0.1) is 5.82 Å². The van der Waals surface area contributed by atoms with Crippen molar-refractivity contribution in [3.8, 4) is 11.5 Å². The summed E-state index contributed by atoms with van der Waals surface area (Å²) in [5.74, 6) is 2.31. The molecule has 3 heterocycles. The fourth-order valence-electron chi connectivity index (χ4n) is 4.27. The number of likely N-dealkylation sites (N-methyl/N-ethyl adjacent to an activating group) is 1. The molecule has 2 aliphatic rings. The highest BCUT2D eigenvalue weighted by Gasteiger charge is 2.22. The summed E-state index contributed by atoms with van der Waals surface area (Å²) in [7, 11) is 0. The summed E-state index contributed by atoms with van der Waals surface area (Å²) in [6.45, 7) is 8.75. The highest BCUT2D eigenvalue weighted by molar-refractivity contribution is 5.85. The van der Waals surface area contributed by atoms with Crippen molar-refractivity contribution in [1.82, 2.24) is 15.2 Å². The lowest BCUT2D eigenvalue weighted by Crippen LogP contribution is -2.46. The van der Waals surface area contributed by atoms with Crippen LogP contribution in [0.15, 0.2) is 42.5 Å². The van der Waals surface area contributed by atoms with Crippen LogP contribution in [-0.4, -0.2) is 49.4 Å². The maximum atomic E-state index is 13.5. The summed E-state index contributed by atoms with van der Waals surface area (Å²) in [4.78, 5) is 9.87. The van der Waals surface area contributed by atoms with Gasteiger partial charge >= 0.3 is 0 Å². The minimum atomic E-state index is -0.211. The van der Waals surface area contributed by atoms with Crippen molar-refractivity contribution in [3.63, 3.8) is 0 Å². The third-order valence-electron chi connectivity index (χ3n) is 6.02. The maximum absolute atomic E-state index is 13.5. The molecule has 0 bridgehead atoms. The molecule has 162 valence electrons. The number of anilines is 1. The van der Waals surface area contributed by atoms with E-state index in [9.17, 15) is 4.39 Å². The second-order valence-corrected chi connectivity index (χ2v) is 8.02. The Balaban J connectivity index is 1.43. The Morgan fingerprint density at radius 1 is 1.00 bits per heavy atom. The molecule has 0 amide bonds. The van der Waals surface area contributed by atoms with Gasteiger partial charge in [-0.1, -0.05) is 19.1 Å². The number of pyridine rings is 1. The van der Waals surface area contributed by atoms with E-state index in [0.717, 1.165) is 72.1 Å². The molecule has 0 saturated carbocycles. The Labute approximate surface area is 181 Å². The molecule has 0 radical (unpaired) electrons. The predicted molar refractivity (Wildman–Crippen MR) is 119 cm³/mol. The molecule has 6 nitrogen and oxygen atoms in total. The first kappa shape index (κ1) is 20.0. The molecule has 2 aliphatic heterocycles. The number of piperazine rings is 1. The van der Waals surface area contributed by atoms with Gasteiger partial charge in [-0.15, -0.1) is 0 Å². The Morgan fingerprint density at radius 3 is 2.58 bits per heavy atom. The average Bonchev–Trinajstić information content (AvgIpc) is 3.24. The van der Waals surface area contributed by atoms with Crippen molar-refractivity contribution in [3.05, 3.63) is 59.4 Å². The summed E-state index contributed by atoms with van der Waals surface area (Å²) in [5.41, 5.74) is 2.97. The van der Waals surface area contributed by atoms with Crippen LogP contribution in [0.4, 0.5) is 10.2 Å². The molecular formula is C24H27FN4O2. The van der Waals surface area contributed by atoms with E-state index in [1.807, 2.05) is 18.2 Å². The van der Waals surface area contributed by atoms with Crippen molar-refractivity contribution < 1.29 is 13.9 Å². The van der Waals surface area contributed by atoms with Crippen LogP contribution >= 0.6 is 0 Å². The number of hydrogen-bond acceptors (Lipinski definition) is 6. The van der Waals surface area contributed by atoms with Gasteiger partial charge in [0.1, 0.15) is 11.6 Å². The van der Waals surface area contributed by atoms with Crippen LogP contribution < -0.4 is 19.7 Å². The van der Waals surface area contributed by atoms with Gasteiger partial charge in [-0.3, -0.25) is 0 Å². The van der Waals surface area contributed by atoms with Crippen LogP contribution in [0.25, 0.3) is 10.9 Å². The van der Waals surface area contributed by atoms with Crippen molar-refractivity contribution in [2.45, 2.75) is 20.0 Å². The zero-order valence-electron chi connectivity index (χ0n) is 17.7. The number of fused-ring (bicyclic) bond motifs is 2. The zero-order chi connectivity index (χ0) is 21.2. The topological polar surface area (TPSA) is 49.9 Å². The van der Waals surface area contributed by atoms with E-state index in [0.29, 0.717) is 13.1 Å². The van der Waals surface area contributed by atoms with Crippen molar-refractivity contribution in [1.29, 1.82) is 0 Å². The first-order chi connectivity index (χ1) is 15.2. The van der Waals surface area contributed by atoms with Gasteiger partial charge in [0.05, 0.1) is 5.52 Å². The highest BCUT2D eigenvalue weighted by Crippen LogP contribution is 2.37. The largest absolute Gasteiger partial charge is 0.454 e. The number of hydrogen-bond donors (Lipinski definition) is 1. The molecule has 0 unspecified atom stereocenters. The van der Waals surface area contributed by atoms with Gasteiger partial charge in [0, 0.05) is 56.3 Å². The number of nitrogens with zero attached hydrogens (tertiary/aromatic N) is 3. The first-order valence-corrected chi connectivity index (χ1v) is 10.9. The van der Waals surface area contributed by atoms with Crippen LogP contribution in [0.2, 0.25) is 0 Å². The van der Waals surface area contributed by atoms with Crippen molar-refractivity contribution >= 4 is 16.7 Å². The predicted octanol–water partition coefficient (Wildman–Crippen LogP) is 3.53. The molecular weight excluding hydrogens is 395 g/mol. The summed E-state index contributed by atoms with van der Waals surface area (Å²) in [5, 5.41) is 4.49. The van der Waals surface area contributed by atoms with E-state index in [1.165, 1.54) is 6.07 Å². The van der Waals surface area contributed by atoms with Gasteiger partial charge in [-0.2, -0.15) is 0 Å². The molecule has 0 spiro atoms. The minimum Gasteiger partial charge on any atom is -0.454 e. The lowest BCUT2D eigenvalue weighted by molar-refractivity contribution is 0.174. The van der Waals surface area contributed by atoms with Crippen LogP contribution in [0.3, 0.4) is 0 Å². The van der Waals surface area contributed by atoms with Gasteiger partial charge < -0.3 is 24.6 Å². The minimum absolute atomic E-state index is 0.211. The Morgan fingerprint density at radius 2 is 1.81 bits per heavy atom. The van der Waals surface area contributed by atoms with E-state index in [4.69, 9.17) is 14.5 Å². The van der Waals surface area contributed by atoms with Crippen molar-refractivity contribution in [2.24, 2.45) is 0 Å². The molecule has 3 aromatic rings. The van der Waals surface area contributed by atoms with Crippen LogP contribution in [0.1, 0.15) is 18.1 Å². The molecule has 1 aromatic heterocycles. The number of ether oxygens (including phenoxy) is 2. The Hall–Kier alpha value is -2.90. The van der Waals surface area contributed by atoms with E-state index in [2.05, 4.69) is 28.1 Å². The molecule has 2 aromatic carbocycles. The van der Waals surface area contributed by atoms with Crippen LogP contribution in [0.5, 0.6) is 11.5 Å². The summed E-state index contributed by atoms with van der Waals surface area (Å²) < 4.78 is 24.6. The molecule has 5 rings (SSSR count). The lowest BCUT2D eigenvalue weighted by atomic mass is 10.1. The van der Waals surface area contributed by atoms with Gasteiger partial charge in [0.2, 0.25) is 6.79 Å². The van der Waals surface area contributed by atoms with Gasteiger partial charge in [0.25, 0.3) is 0 Å². The standard InChI is InChI=1S/C24H27FN4O2/c1-2-28-6-8-29(9-7-28)24-19(15-26-14-17-4-3-5-20(25)10-17)11-18-12-22-23(31-16-30-22)13-21(18)27-24/h3-5,10-13,26H,2,6-9,14-16H2,1H3. The third kappa shape index (κ3) is 4.29. The number of benzene rings is 2. The normalized spacial score (nSPS) is 16.3. The molecule has 0 atom stereocenters. The molecule has 1 fully saturated rings. The molecule has 31 heavy (non-hydrogen) atoms. The summed E-state index contributed by atoms with van der Waals surface area (Å²) in [6, 6.07) is 12.9. The maximum Gasteiger partial charge on any atom is 0.231 e. The van der Waals surface area contributed by atoms with Crippen molar-refractivity contribution in [2.75, 3.05) is 44.4 Å². The van der Waals surface area contributed by atoms with E-state index in [1.54, 1.807) is 12.1 Å².